The van der Waals surface area contributed by atoms with Crippen LogP contribution in [0, 0.1) is 5.82 Å². The van der Waals surface area contributed by atoms with Crippen molar-refractivity contribution in [2.75, 3.05) is 7.11 Å². The lowest BCUT2D eigenvalue weighted by molar-refractivity contribution is -0.120. The lowest BCUT2D eigenvalue weighted by Gasteiger charge is -2.07. The van der Waals surface area contributed by atoms with Crippen LogP contribution in [0.1, 0.15) is 11.1 Å². The van der Waals surface area contributed by atoms with E-state index < -0.39 is 0 Å². The van der Waals surface area contributed by atoms with Crippen LogP contribution in [-0.2, 0) is 17.8 Å². The molecule has 0 aliphatic heterocycles. The Morgan fingerprint density at radius 1 is 1.24 bits per heavy atom. The minimum atomic E-state index is -0.385. The molecule has 2 aromatic rings. The van der Waals surface area contributed by atoms with Crippen LogP contribution in [0.2, 0.25) is 5.02 Å². The van der Waals surface area contributed by atoms with Gasteiger partial charge in [-0.2, -0.15) is 0 Å². The van der Waals surface area contributed by atoms with Gasteiger partial charge >= 0.3 is 0 Å². The molecular weight excluding hydrogens is 293 g/mol. The second-order valence-electron chi connectivity index (χ2n) is 4.54. The van der Waals surface area contributed by atoms with Gasteiger partial charge in [-0.1, -0.05) is 23.7 Å². The van der Waals surface area contributed by atoms with Crippen LogP contribution in [-0.4, -0.2) is 13.0 Å². The van der Waals surface area contributed by atoms with E-state index in [1.807, 2.05) is 12.1 Å². The molecule has 0 saturated carbocycles. The van der Waals surface area contributed by atoms with Gasteiger partial charge in [0.05, 0.1) is 13.5 Å². The number of rotatable bonds is 5. The minimum absolute atomic E-state index is 0.112. The van der Waals surface area contributed by atoms with Gasteiger partial charge in [0, 0.05) is 17.1 Å². The third-order valence-corrected chi connectivity index (χ3v) is 3.24. The summed E-state index contributed by atoms with van der Waals surface area (Å²) in [4.78, 5) is 11.8. The highest BCUT2D eigenvalue weighted by molar-refractivity contribution is 6.30. The van der Waals surface area contributed by atoms with E-state index >= 15 is 0 Å². The fourth-order valence-corrected chi connectivity index (χ4v) is 2.06. The number of benzene rings is 2. The molecular formula is C16H15ClFNO2. The summed E-state index contributed by atoms with van der Waals surface area (Å²) in [7, 11) is 1.58. The molecule has 0 aliphatic rings. The normalized spacial score (nSPS) is 10.2. The Hall–Kier alpha value is -2.07. The number of hydrogen-bond donors (Lipinski definition) is 1. The molecule has 2 aromatic carbocycles. The predicted octanol–water partition coefficient (Wildman–Crippen LogP) is 3.35. The maximum Gasteiger partial charge on any atom is 0.224 e. The first kappa shape index (κ1) is 15.3. The molecule has 3 nitrogen and oxygen atoms in total. The number of ether oxygens (including phenoxy) is 1. The Morgan fingerprint density at radius 2 is 1.95 bits per heavy atom. The summed E-state index contributed by atoms with van der Waals surface area (Å²) >= 11 is 5.80. The van der Waals surface area contributed by atoms with Crippen LogP contribution in [0.5, 0.6) is 5.75 Å². The highest BCUT2D eigenvalue weighted by atomic mass is 35.5. The Labute approximate surface area is 127 Å². The molecule has 0 spiro atoms. The van der Waals surface area contributed by atoms with E-state index in [2.05, 4.69) is 5.32 Å². The van der Waals surface area contributed by atoms with E-state index in [4.69, 9.17) is 16.3 Å². The van der Waals surface area contributed by atoms with Crippen molar-refractivity contribution >= 4 is 17.5 Å². The second-order valence-corrected chi connectivity index (χ2v) is 4.97. The summed E-state index contributed by atoms with van der Waals surface area (Å²) < 4.78 is 18.6. The quantitative estimate of drug-likeness (QED) is 0.920. The van der Waals surface area contributed by atoms with Crippen molar-refractivity contribution < 1.29 is 13.9 Å². The van der Waals surface area contributed by atoms with Crippen molar-refractivity contribution in [2.24, 2.45) is 0 Å². The Kier molecular flexibility index (Phi) is 5.17. The van der Waals surface area contributed by atoms with E-state index in [0.29, 0.717) is 10.6 Å². The van der Waals surface area contributed by atoms with Crippen molar-refractivity contribution in [3.63, 3.8) is 0 Å². The third kappa shape index (κ3) is 4.46. The average Bonchev–Trinajstić information content (AvgIpc) is 2.49. The molecule has 21 heavy (non-hydrogen) atoms. The summed E-state index contributed by atoms with van der Waals surface area (Å²) in [6.07, 6.45) is 0.228. The molecule has 1 amide bonds. The molecule has 0 unspecified atom stereocenters. The summed E-state index contributed by atoms with van der Waals surface area (Å²) in [6, 6.07) is 11.5. The van der Waals surface area contributed by atoms with Crippen molar-refractivity contribution in [1.82, 2.24) is 5.32 Å². The molecule has 0 heterocycles. The van der Waals surface area contributed by atoms with Crippen molar-refractivity contribution in [2.45, 2.75) is 13.0 Å². The molecule has 0 atom stereocenters. The molecule has 0 aromatic heterocycles. The third-order valence-electron chi connectivity index (χ3n) is 3.01. The Morgan fingerprint density at radius 3 is 2.62 bits per heavy atom. The molecule has 0 aliphatic carbocycles. The average molecular weight is 308 g/mol. The number of amides is 1. The first-order valence-corrected chi connectivity index (χ1v) is 6.80. The number of carbonyl (C=O) groups is 1. The standard InChI is InChI=1S/C16H15ClFNO2/c1-21-14-5-2-11(3-6-14)8-16(20)19-10-12-9-13(17)4-7-15(12)18/h2-7,9H,8,10H2,1H3,(H,19,20). The van der Waals surface area contributed by atoms with Crippen LogP contribution in [0.3, 0.4) is 0 Å². The fraction of sp³-hybridized carbons (Fsp3) is 0.188. The maximum absolute atomic E-state index is 13.5. The van der Waals surface area contributed by atoms with Crippen LogP contribution < -0.4 is 10.1 Å². The first-order valence-electron chi connectivity index (χ1n) is 6.42. The van der Waals surface area contributed by atoms with Gasteiger partial charge in [-0.05, 0) is 35.9 Å². The maximum atomic E-state index is 13.5. The van der Waals surface area contributed by atoms with Gasteiger partial charge < -0.3 is 10.1 Å². The zero-order valence-corrected chi connectivity index (χ0v) is 12.3. The zero-order chi connectivity index (χ0) is 15.2. The van der Waals surface area contributed by atoms with Crippen LogP contribution in [0.4, 0.5) is 4.39 Å². The van der Waals surface area contributed by atoms with Gasteiger partial charge in [0.2, 0.25) is 5.91 Å². The molecule has 5 heteroatoms. The van der Waals surface area contributed by atoms with Gasteiger partial charge in [0.15, 0.2) is 0 Å². The molecule has 1 N–H and O–H groups in total. The fourth-order valence-electron chi connectivity index (χ4n) is 1.86. The molecule has 2 rings (SSSR count). The highest BCUT2D eigenvalue weighted by Crippen LogP contribution is 2.15. The number of carbonyl (C=O) groups excluding carboxylic acids is 1. The first-order chi connectivity index (χ1) is 10.1. The number of halogens is 2. The van der Waals surface area contributed by atoms with Crippen molar-refractivity contribution in [1.29, 1.82) is 0 Å². The topological polar surface area (TPSA) is 38.3 Å². The van der Waals surface area contributed by atoms with Gasteiger partial charge in [0.1, 0.15) is 11.6 Å². The van der Waals surface area contributed by atoms with Crippen LogP contribution in [0.25, 0.3) is 0 Å². The van der Waals surface area contributed by atoms with Crippen molar-refractivity contribution in [3.05, 3.63) is 64.4 Å². The minimum Gasteiger partial charge on any atom is -0.497 e. The van der Waals surface area contributed by atoms with Gasteiger partial charge in [-0.15, -0.1) is 0 Å². The van der Waals surface area contributed by atoms with Gasteiger partial charge in [-0.3, -0.25) is 4.79 Å². The summed E-state index contributed by atoms with van der Waals surface area (Å²) in [6.45, 7) is 0.112. The summed E-state index contributed by atoms with van der Waals surface area (Å²) in [5.41, 5.74) is 1.23. The van der Waals surface area contributed by atoms with Crippen molar-refractivity contribution in [3.8, 4) is 5.75 Å². The van der Waals surface area contributed by atoms with Gasteiger partial charge in [-0.25, -0.2) is 4.39 Å². The Balaban J connectivity index is 1.91. The molecule has 0 saturated heterocycles. The molecule has 0 bridgehead atoms. The van der Waals surface area contributed by atoms with E-state index in [0.717, 1.165) is 11.3 Å². The second kappa shape index (κ2) is 7.09. The van der Waals surface area contributed by atoms with Crippen LogP contribution >= 0.6 is 11.6 Å². The smallest absolute Gasteiger partial charge is 0.224 e. The number of nitrogens with one attached hydrogen (secondary N) is 1. The summed E-state index contributed by atoms with van der Waals surface area (Å²) in [5, 5.41) is 3.12. The molecule has 0 radical (unpaired) electrons. The van der Waals surface area contributed by atoms with Crippen LogP contribution in [0.15, 0.2) is 42.5 Å². The van der Waals surface area contributed by atoms with E-state index in [-0.39, 0.29) is 24.7 Å². The monoisotopic (exact) mass is 307 g/mol. The Bertz CT molecular complexity index is 629. The van der Waals surface area contributed by atoms with E-state index in [1.165, 1.54) is 18.2 Å². The zero-order valence-electron chi connectivity index (χ0n) is 11.5. The molecule has 110 valence electrons. The number of hydrogen-bond acceptors (Lipinski definition) is 2. The predicted molar refractivity (Wildman–Crippen MR) is 80.0 cm³/mol. The molecule has 0 fully saturated rings. The van der Waals surface area contributed by atoms with E-state index in [1.54, 1.807) is 19.2 Å². The largest absolute Gasteiger partial charge is 0.497 e. The number of methoxy groups -OCH3 is 1. The van der Waals surface area contributed by atoms with Gasteiger partial charge in [0.25, 0.3) is 0 Å². The highest BCUT2D eigenvalue weighted by Gasteiger charge is 2.07. The van der Waals surface area contributed by atoms with E-state index in [9.17, 15) is 9.18 Å². The lowest BCUT2D eigenvalue weighted by Crippen LogP contribution is -2.25. The summed E-state index contributed by atoms with van der Waals surface area (Å²) in [5.74, 6) is 0.170. The SMILES string of the molecule is COc1ccc(CC(=O)NCc2cc(Cl)ccc2F)cc1. The lowest BCUT2D eigenvalue weighted by atomic mass is 10.1.